The van der Waals surface area contributed by atoms with Gasteiger partial charge in [-0.15, -0.1) is 0 Å². The van der Waals surface area contributed by atoms with Crippen molar-refractivity contribution in [2.45, 2.75) is 6.42 Å². The Morgan fingerprint density at radius 2 is 1.74 bits per heavy atom. The molecule has 23 heavy (non-hydrogen) atoms. The minimum atomic E-state index is 0.0209. The van der Waals surface area contributed by atoms with Crippen LogP contribution in [-0.2, 0) is 0 Å². The normalized spacial score (nSPS) is 15.2. The van der Waals surface area contributed by atoms with Gasteiger partial charge in [-0.3, -0.25) is 0 Å². The van der Waals surface area contributed by atoms with Crippen LogP contribution in [0.2, 0.25) is 10.0 Å². The molecule has 1 aromatic carbocycles. The Kier molecular flexibility index (Phi) is 6.81. The molecule has 1 aliphatic rings. The third kappa shape index (κ3) is 5.75. The van der Waals surface area contributed by atoms with Gasteiger partial charge in [-0.25, -0.2) is 4.79 Å². The number of amides is 2. The monoisotopic (exact) mass is 358 g/mol. The summed E-state index contributed by atoms with van der Waals surface area (Å²) in [7, 11) is 4.06. The molecule has 1 aromatic rings. The first-order valence-electron chi connectivity index (χ1n) is 7.84. The van der Waals surface area contributed by atoms with E-state index in [4.69, 9.17) is 23.2 Å². The van der Waals surface area contributed by atoms with Gasteiger partial charge in [-0.1, -0.05) is 23.2 Å². The third-order valence-corrected chi connectivity index (χ3v) is 4.27. The number of piperazine rings is 1. The van der Waals surface area contributed by atoms with Gasteiger partial charge >= 0.3 is 6.03 Å². The van der Waals surface area contributed by atoms with E-state index in [1.807, 2.05) is 31.1 Å². The number of nitrogens with zero attached hydrogens (tertiary/aromatic N) is 3. The summed E-state index contributed by atoms with van der Waals surface area (Å²) in [4.78, 5) is 18.3. The Labute approximate surface area is 148 Å². The first-order chi connectivity index (χ1) is 11.0. The zero-order chi connectivity index (χ0) is 16.8. The predicted molar refractivity (Wildman–Crippen MR) is 96.8 cm³/mol. The molecule has 1 N–H and O–H groups in total. The molecule has 0 spiro atoms. The van der Waals surface area contributed by atoms with Gasteiger partial charge in [-0.2, -0.15) is 0 Å². The highest BCUT2D eigenvalue weighted by Gasteiger charge is 2.21. The van der Waals surface area contributed by atoms with Crippen LogP contribution in [0.1, 0.15) is 6.42 Å². The van der Waals surface area contributed by atoms with Gasteiger partial charge in [0.1, 0.15) is 0 Å². The summed E-state index contributed by atoms with van der Waals surface area (Å²) in [6, 6.07) is 5.56. The molecule has 0 unspecified atom stereocenters. The van der Waals surface area contributed by atoms with Crippen LogP contribution in [0.5, 0.6) is 0 Å². The average Bonchev–Trinajstić information content (AvgIpc) is 2.50. The summed E-state index contributed by atoms with van der Waals surface area (Å²) in [6.45, 7) is 4.64. The molecule has 1 saturated heterocycles. The number of anilines is 1. The van der Waals surface area contributed by atoms with Crippen LogP contribution in [0, 0.1) is 0 Å². The van der Waals surface area contributed by atoms with Crippen LogP contribution in [0.15, 0.2) is 18.2 Å². The van der Waals surface area contributed by atoms with Crippen LogP contribution < -0.4 is 10.2 Å². The second kappa shape index (κ2) is 8.62. The van der Waals surface area contributed by atoms with Crippen molar-refractivity contribution < 1.29 is 4.79 Å². The Bertz CT molecular complexity index is 511. The molecule has 2 amide bonds. The fourth-order valence-corrected chi connectivity index (χ4v) is 3.11. The van der Waals surface area contributed by atoms with Crippen molar-refractivity contribution in [3.8, 4) is 0 Å². The van der Waals surface area contributed by atoms with E-state index in [-0.39, 0.29) is 6.03 Å². The number of halogens is 2. The standard InChI is InChI=1S/C16H24Cl2N4O/c1-20(2)5-3-4-19-16(23)22-8-6-21(7-9-22)15-11-13(17)10-14(18)12-15/h10-12H,3-9H2,1-2H3,(H,19,23). The molecule has 1 heterocycles. The molecule has 0 saturated carbocycles. The summed E-state index contributed by atoms with van der Waals surface area (Å²) >= 11 is 12.1. The Morgan fingerprint density at radius 1 is 1.13 bits per heavy atom. The summed E-state index contributed by atoms with van der Waals surface area (Å²) in [5.74, 6) is 0. The van der Waals surface area contributed by atoms with Crippen molar-refractivity contribution in [2.24, 2.45) is 0 Å². The fourth-order valence-electron chi connectivity index (χ4n) is 2.59. The van der Waals surface area contributed by atoms with Crippen LogP contribution in [0.4, 0.5) is 10.5 Å². The second-order valence-electron chi connectivity index (χ2n) is 5.99. The minimum absolute atomic E-state index is 0.0209. The largest absolute Gasteiger partial charge is 0.368 e. The molecule has 5 nitrogen and oxygen atoms in total. The zero-order valence-corrected chi connectivity index (χ0v) is 15.2. The number of carbonyl (C=O) groups is 1. The van der Waals surface area contributed by atoms with E-state index < -0.39 is 0 Å². The number of urea groups is 1. The van der Waals surface area contributed by atoms with Crippen LogP contribution >= 0.6 is 23.2 Å². The molecule has 0 aliphatic carbocycles. The molecule has 1 aliphatic heterocycles. The summed E-state index contributed by atoms with van der Waals surface area (Å²) in [5.41, 5.74) is 1.01. The lowest BCUT2D eigenvalue weighted by Crippen LogP contribution is -2.52. The lowest BCUT2D eigenvalue weighted by atomic mass is 10.2. The quantitative estimate of drug-likeness (QED) is 0.822. The number of hydrogen-bond acceptors (Lipinski definition) is 3. The lowest BCUT2D eigenvalue weighted by Gasteiger charge is -2.36. The van der Waals surface area contributed by atoms with E-state index in [1.54, 1.807) is 6.07 Å². The maximum absolute atomic E-state index is 12.1. The number of carbonyl (C=O) groups excluding carboxylic acids is 1. The predicted octanol–water partition coefficient (Wildman–Crippen LogP) is 2.78. The molecule has 2 rings (SSSR count). The minimum Gasteiger partial charge on any atom is -0.368 e. The van der Waals surface area contributed by atoms with Gasteiger partial charge in [0.25, 0.3) is 0 Å². The summed E-state index contributed by atoms with van der Waals surface area (Å²) < 4.78 is 0. The second-order valence-corrected chi connectivity index (χ2v) is 6.86. The molecule has 7 heteroatoms. The van der Waals surface area contributed by atoms with Crippen LogP contribution in [-0.4, -0.2) is 69.2 Å². The molecule has 128 valence electrons. The molecule has 0 aromatic heterocycles. The van der Waals surface area contributed by atoms with Gasteiger partial charge in [0, 0.05) is 48.5 Å². The van der Waals surface area contributed by atoms with E-state index in [1.165, 1.54) is 0 Å². The maximum atomic E-state index is 12.1. The van der Waals surface area contributed by atoms with Crippen molar-refractivity contribution >= 4 is 34.9 Å². The smallest absolute Gasteiger partial charge is 0.317 e. The van der Waals surface area contributed by atoms with Crippen molar-refractivity contribution in [1.29, 1.82) is 0 Å². The van der Waals surface area contributed by atoms with E-state index in [2.05, 4.69) is 15.1 Å². The molecule has 0 atom stereocenters. The Morgan fingerprint density at radius 3 is 2.30 bits per heavy atom. The lowest BCUT2D eigenvalue weighted by molar-refractivity contribution is 0.194. The van der Waals surface area contributed by atoms with Crippen molar-refractivity contribution in [2.75, 3.05) is 58.3 Å². The first kappa shape index (κ1) is 18.2. The topological polar surface area (TPSA) is 38.8 Å². The number of hydrogen-bond donors (Lipinski definition) is 1. The number of nitrogens with one attached hydrogen (secondary N) is 1. The SMILES string of the molecule is CN(C)CCCNC(=O)N1CCN(c2cc(Cl)cc(Cl)c2)CC1. The molecule has 0 radical (unpaired) electrons. The zero-order valence-electron chi connectivity index (χ0n) is 13.7. The summed E-state index contributed by atoms with van der Waals surface area (Å²) in [5, 5.41) is 4.25. The Balaban J connectivity index is 1.78. The van der Waals surface area contributed by atoms with Gasteiger partial charge < -0.3 is 20.0 Å². The molecule has 1 fully saturated rings. The van der Waals surface area contributed by atoms with Gasteiger partial charge in [0.05, 0.1) is 0 Å². The van der Waals surface area contributed by atoms with Crippen molar-refractivity contribution in [3.63, 3.8) is 0 Å². The fraction of sp³-hybridized carbons (Fsp3) is 0.562. The van der Waals surface area contributed by atoms with Gasteiger partial charge in [-0.05, 0) is 45.3 Å². The molecule has 0 bridgehead atoms. The maximum Gasteiger partial charge on any atom is 0.317 e. The highest BCUT2D eigenvalue weighted by molar-refractivity contribution is 6.35. The summed E-state index contributed by atoms with van der Waals surface area (Å²) in [6.07, 6.45) is 0.958. The highest BCUT2D eigenvalue weighted by atomic mass is 35.5. The molecular weight excluding hydrogens is 335 g/mol. The first-order valence-corrected chi connectivity index (χ1v) is 8.60. The van der Waals surface area contributed by atoms with Crippen LogP contribution in [0.25, 0.3) is 0 Å². The van der Waals surface area contributed by atoms with E-state index in [9.17, 15) is 4.79 Å². The van der Waals surface area contributed by atoms with E-state index in [0.717, 1.165) is 31.7 Å². The van der Waals surface area contributed by atoms with Crippen molar-refractivity contribution in [1.82, 2.24) is 15.1 Å². The van der Waals surface area contributed by atoms with Crippen molar-refractivity contribution in [3.05, 3.63) is 28.2 Å². The number of benzene rings is 1. The third-order valence-electron chi connectivity index (χ3n) is 3.84. The van der Waals surface area contributed by atoms with E-state index in [0.29, 0.717) is 29.7 Å². The van der Waals surface area contributed by atoms with Gasteiger partial charge in [0.2, 0.25) is 0 Å². The van der Waals surface area contributed by atoms with Crippen LogP contribution in [0.3, 0.4) is 0 Å². The average molecular weight is 359 g/mol. The highest BCUT2D eigenvalue weighted by Crippen LogP contribution is 2.26. The number of rotatable bonds is 5. The Hall–Kier alpha value is -1.17. The molecular formula is C16H24Cl2N4O. The van der Waals surface area contributed by atoms with E-state index >= 15 is 0 Å². The van der Waals surface area contributed by atoms with Gasteiger partial charge in [0.15, 0.2) is 0 Å².